The van der Waals surface area contributed by atoms with E-state index in [2.05, 4.69) is 46.0 Å². The van der Waals surface area contributed by atoms with Gasteiger partial charge in [0.25, 0.3) is 0 Å². The van der Waals surface area contributed by atoms with Gasteiger partial charge in [-0.15, -0.1) is 0 Å². The number of rotatable bonds is 6. The molecule has 12 heteroatoms. The number of aromatic amines is 1. The van der Waals surface area contributed by atoms with Crippen LogP contribution in [0.3, 0.4) is 0 Å². The molecular weight excluding hydrogens is 625 g/mol. The zero-order valence-electron chi connectivity index (χ0n) is 28.6. The lowest BCUT2D eigenvalue weighted by Crippen LogP contribution is -2.43. The smallest absolute Gasteiger partial charge is 0.319 e. The van der Waals surface area contributed by atoms with E-state index in [4.69, 9.17) is 33.9 Å². The van der Waals surface area contributed by atoms with Gasteiger partial charge in [-0.2, -0.15) is 15.1 Å². The molecule has 3 saturated heterocycles. The van der Waals surface area contributed by atoms with Crippen molar-refractivity contribution in [3.63, 3.8) is 0 Å². The summed E-state index contributed by atoms with van der Waals surface area (Å²) >= 11 is 0. The molecule has 0 radical (unpaired) electrons. The first kappa shape index (κ1) is 31.1. The number of halogens is 1. The lowest BCUT2D eigenvalue weighted by molar-refractivity contribution is 0.108. The molecule has 2 atom stereocenters. The van der Waals surface area contributed by atoms with Crippen molar-refractivity contribution in [2.24, 2.45) is 0 Å². The van der Waals surface area contributed by atoms with Crippen LogP contribution in [0.5, 0.6) is 11.9 Å². The number of aryl methyl sites for hydroxylation is 1. The molecule has 0 unspecified atom stereocenters. The standard InChI is InChI=1S/C37H44FN7O4/c1-36(2)9-4-7-23-15-26-25(17-39-43-26)27(29(23)36)31-30(38)32-28-33(45-12-6-13-47-19-24(45)20-48-34(28)40-31)42-35(41-32)49-21-37-10-5-11-44(37)18-22(16-37)8-14-46-3/h8,15,17,24H,4-7,9-14,16,18-21H2,1-3H3,(H,39,43)/b22-8-/t24-,37-/m0/s1. The van der Waals surface area contributed by atoms with Crippen molar-refractivity contribution < 1.29 is 23.3 Å². The highest BCUT2D eigenvalue weighted by molar-refractivity contribution is 6.02. The van der Waals surface area contributed by atoms with Gasteiger partial charge in [0.2, 0.25) is 5.88 Å². The van der Waals surface area contributed by atoms with Crippen LogP contribution in [-0.4, -0.2) is 101 Å². The summed E-state index contributed by atoms with van der Waals surface area (Å²) in [5, 5.41) is 8.83. The van der Waals surface area contributed by atoms with Gasteiger partial charge in [-0.1, -0.05) is 25.5 Å². The second kappa shape index (κ2) is 11.9. The number of methoxy groups -OCH3 is 1. The Morgan fingerprint density at radius 2 is 2.04 bits per heavy atom. The van der Waals surface area contributed by atoms with Gasteiger partial charge in [-0.3, -0.25) is 10.00 Å². The van der Waals surface area contributed by atoms with Crippen molar-refractivity contribution in [2.45, 2.75) is 75.8 Å². The van der Waals surface area contributed by atoms with E-state index in [0.717, 1.165) is 80.1 Å². The highest BCUT2D eigenvalue weighted by Gasteiger charge is 2.47. The maximum Gasteiger partial charge on any atom is 0.319 e. The molecule has 3 aromatic heterocycles. The molecule has 0 amide bonds. The van der Waals surface area contributed by atoms with Gasteiger partial charge in [0.1, 0.15) is 35.6 Å². The normalized spacial score (nSPS) is 25.6. The first-order valence-corrected chi connectivity index (χ1v) is 17.8. The van der Waals surface area contributed by atoms with E-state index in [1.165, 1.54) is 11.1 Å². The molecule has 4 aliphatic heterocycles. The number of anilines is 1. The molecule has 0 spiro atoms. The molecule has 3 fully saturated rings. The maximum absolute atomic E-state index is 17.5. The molecule has 1 aromatic carbocycles. The minimum atomic E-state index is -0.496. The molecule has 9 rings (SSSR count). The van der Waals surface area contributed by atoms with E-state index >= 15 is 4.39 Å². The summed E-state index contributed by atoms with van der Waals surface area (Å²) in [7, 11) is 1.72. The largest absolute Gasteiger partial charge is 0.475 e. The summed E-state index contributed by atoms with van der Waals surface area (Å²) in [6, 6.07) is 2.24. The number of pyridine rings is 1. The van der Waals surface area contributed by atoms with Crippen molar-refractivity contribution in [3.8, 4) is 23.1 Å². The van der Waals surface area contributed by atoms with Crippen molar-refractivity contribution in [3.05, 3.63) is 40.9 Å². The second-order valence-electron chi connectivity index (χ2n) is 15.1. The van der Waals surface area contributed by atoms with Gasteiger partial charge in [0.15, 0.2) is 5.82 Å². The first-order chi connectivity index (χ1) is 23.8. The zero-order valence-corrected chi connectivity index (χ0v) is 28.6. The fourth-order valence-corrected chi connectivity index (χ4v) is 9.19. The number of nitrogens with zero attached hydrogens (tertiary/aromatic N) is 6. The first-order valence-electron chi connectivity index (χ1n) is 17.8. The Bertz CT molecular complexity index is 1980. The van der Waals surface area contributed by atoms with Gasteiger partial charge in [0.05, 0.1) is 36.5 Å². The Morgan fingerprint density at radius 1 is 1.12 bits per heavy atom. The molecule has 4 aromatic rings. The average Bonchev–Trinajstić information content (AvgIpc) is 3.72. The second-order valence-corrected chi connectivity index (χ2v) is 15.1. The zero-order chi connectivity index (χ0) is 33.3. The Balaban J connectivity index is 1.21. The van der Waals surface area contributed by atoms with Gasteiger partial charge >= 0.3 is 6.01 Å². The number of hydrogen-bond donors (Lipinski definition) is 1. The molecule has 11 nitrogen and oxygen atoms in total. The summed E-state index contributed by atoms with van der Waals surface area (Å²) in [6.45, 7) is 9.61. The Labute approximate surface area is 285 Å². The number of nitrogens with one attached hydrogen (secondary N) is 1. The molecule has 5 aliphatic rings. The minimum absolute atomic E-state index is 0.106. The van der Waals surface area contributed by atoms with Crippen LogP contribution in [0.4, 0.5) is 10.2 Å². The quantitative estimate of drug-likeness (QED) is 0.265. The van der Waals surface area contributed by atoms with Crippen LogP contribution in [0.2, 0.25) is 0 Å². The lowest BCUT2D eigenvalue weighted by Gasteiger charge is -2.35. The third-order valence-corrected chi connectivity index (χ3v) is 11.5. The number of aromatic nitrogens is 5. The molecule has 258 valence electrons. The van der Waals surface area contributed by atoms with Crippen molar-refractivity contribution in [1.29, 1.82) is 0 Å². The van der Waals surface area contributed by atoms with Crippen molar-refractivity contribution in [1.82, 2.24) is 30.0 Å². The fraction of sp³-hybridized carbons (Fsp3) is 0.568. The summed E-state index contributed by atoms with van der Waals surface area (Å²) < 4.78 is 41.8. The molecule has 1 N–H and O–H groups in total. The van der Waals surface area contributed by atoms with Crippen LogP contribution in [-0.2, 0) is 21.3 Å². The van der Waals surface area contributed by atoms with E-state index < -0.39 is 5.82 Å². The third-order valence-electron chi connectivity index (χ3n) is 11.5. The predicted octanol–water partition coefficient (Wildman–Crippen LogP) is 5.50. The molecule has 0 bridgehead atoms. The molecule has 1 aliphatic carbocycles. The lowest BCUT2D eigenvalue weighted by atomic mass is 9.69. The van der Waals surface area contributed by atoms with E-state index in [1.807, 2.05) is 0 Å². The van der Waals surface area contributed by atoms with Crippen molar-refractivity contribution >= 4 is 27.6 Å². The molecular formula is C37H44FN7O4. The Kier molecular flexibility index (Phi) is 7.55. The average molecular weight is 670 g/mol. The van der Waals surface area contributed by atoms with Crippen LogP contribution in [0.15, 0.2) is 23.9 Å². The molecule has 49 heavy (non-hydrogen) atoms. The SMILES string of the molecule is COC/C=C1\CN2CCC[C@@]2(COc2nc3c4c(nc(-c5c6c(cc7[nH]ncc57)CCCC6(C)C)c(F)c4n2)OC[C@@H]2COCCCN32)C1. The van der Waals surface area contributed by atoms with Crippen molar-refractivity contribution in [2.75, 3.05) is 64.7 Å². The van der Waals surface area contributed by atoms with Gasteiger partial charge < -0.3 is 23.8 Å². The number of hydrogen-bond acceptors (Lipinski definition) is 10. The van der Waals surface area contributed by atoms with E-state index in [1.54, 1.807) is 13.3 Å². The monoisotopic (exact) mass is 669 g/mol. The van der Waals surface area contributed by atoms with Gasteiger partial charge in [-0.05, 0) is 74.1 Å². The maximum atomic E-state index is 17.5. The van der Waals surface area contributed by atoms with Crippen LogP contribution in [0.1, 0.15) is 63.5 Å². The molecule has 0 saturated carbocycles. The van der Waals surface area contributed by atoms with Crippen LogP contribution < -0.4 is 14.4 Å². The summed E-state index contributed by atoms with van der Waals surface area (Å²) in [4.78, 5) is 19.6. The fourth-order valence-electron chi connectivity index (χ4n) is 9.19. The van der Waals surface area contributed by atoms with Gasteiger partial charge in [0, 0.05) is 37.8 Å². The summed E-state index contributed by atoms with van der Waals surface area (Å²) in [6.07, 6.45) is 10.8. The number of benzene rings is 1. The topological polar surface area (TPSA) is 111 Å². The summed E-state index contributed by atoms with van der Waals surface area (Å²) in [5.74, 6) is 0.440. The predicted molar refractivity (Wildman–Crippen MR) is 184 cm³/mol. The minimum Gasteiger partial charge on any atom is -0.475 e. The van der Waals surface area contributed by atoms with Crippen LogP contribution >= 0.6 is 0 Å². The van der Waals surface area contributed by atoms with Crippen LogP contribution in [0, 0.1) is 5.82 Å². The highest BCUT2D eigenvalue weighted by Crippen LogP contribution is 2.49. The van der Waals surface area contributed by atoms with E-state index in [-0.39, 0.29) is 34.2 Å². The number of fused-ring (bicyclic) bond motifs is 5. The molecule has 7 heterocycles. The number of ether oxygens (including phenoxy) is 4. The highest BCUT2D eigenvalue weighted by atomic mass is 19.1. The van der Waals surface area contributed by atoms with E-state index in [0.29, 0.717) is 56.7 Å². The number of H-pyrrole nitrogens is 1. The Hall–Kier alpha value is -3.87. The van der Waals surface area contributed by atoms with Crippen LogP contribution in [0.25, 0.3) is 33.1 Å². The van der Waals surface area contributed by atoms with Gasteiger partial charge in [-0.25, -0.2) is 9.37 Å². The third kappa shape index (κ3) is 5.08. The van der Waals surface area contributed by atoms with E-state index in [9.17, 15) is 0 Å². The Morgan fingerprint density at radius 3 is 2.94 bits per heavy atom. The summed E-state index contributed by atoms with van der Waals surface area (Å²) in [5.41, 5.74) is 5.39.